The van der Waals surface area contributed by atoms with E-state index in [1.54, 1.807) is 18.4 Å². The van der Waals surface area contributed by atoms with Crippen molar-refractivity contribution in [2.45, 2.75) is 19.4 Å². The lowest BCUT2D eigenvalue weighted by atomic mass is 9.99. The molecule has 0 aliphatic carbocycles. The van der Waals surface area contributed by atoms with Crippen LogP contribution in [0.4, 0.5) is 5.13 Å². The molecule has 0 bridgehead atoms. The first-order valence-corrected chi connectivity index (χ1v) is 6.51. The molecule has 1 aliphatic rings. The van der Waals surface area contributed by atoms with E-state index in [0.29, 0.717) is 11.0 Å². The van der Waals surface area contributed by atoms with Crippen LogP contribution in [0.15, 0.2) is 6.20 Å². The Bertz CT molecular complexity index is 332. The summed E-state index contributed by atoms with van der Waals surface area (Å²) in [5.74, 6) is 0.684. The van der Waals surface area contributed by atoms with Gasteiger partial charge < -0.3 is 10.5 Å². The normalized spacial score (nSPS) is 21.1. The quantitative estimate of drug-likeness (QED) is 0.915. The number of hydrogen-bond acceptors (Lipinski definition) is 5. The van der Waals surface area contributed by atoms with Crippen LogP contribution in [0.5, 0.6) is 0 Å². The van der Waals surface area contributed by atoms with E-state index in [9.17, 15) is 0 Å². The van der Waals surface area contributed by atoms with Gasteiger partial charge in [0.25, 0.3) is 0 Å². The summed E-state index contributed by atoms with van der Waals surface area (Å²) in [5, 5.41) is 0.667. The number of hydrogen-bond donors (Lipinski definition) is 1. The number of piperidine rings is 1. The predicted molar refractivity (Wildman–Crippen MR) is 73.7 cm³/mol. The van der Waals surface area contributed by atoms with Crippen LogP contribution in [0.25, 0.3) is 0 Å². The molecule has 0 amide bonds. The molecule has 2 heterocycles. The Morgan fingerprint density at radius 3 is 3.12 bits per heavy atom. The third kappa shape index (κ3) is 4.43. The second kappa shape index (κ2) is 7.16. The second-order valence-electron chi connectivity index (χ2n) is 4.36. The number of nitrogen functional groups attached to an aromatic ring is 1. The van der Waals surface area contributed by atoms with Gasteiger partial charge in [-0.05, 0) is 25.3 Å². The molecule has 6 heteroatoms. The Labute approximate surface area is 113 Å². The fourth-order valence-corrected chi connectivity index (χ4v) is 3.01. The van der Waals surface area contributed by atoms with E-state index in [1.807, 2.05) is 6.20 Å². The third-order valence-corrected chi connectivity index (χ3v) is 3.77. The fraction of sp³-hybridized carbons (Fsp3) is 0.727. The maximum Gasteiger partial charge on any atom is 0.180 e. The smallest absolute Gasteiger partial charge is 0.180 e. The number of thiazole rings is 1. The number of methoxy groups -OCH3 is 1. The van der Waals surface area contributed by atoms with Gasteiger partial charge in [-0.25, -0.2) is 4.98 Å². The van der Waals surface area contributed by atoms with Gasteiger partial charge in [-0.3, -0.25) is 4.90 Å². The minimum atomic E-state index is 0. The second-order valence-corrected chi connectivity index (χ2v) is 5.51. The summed E-state index contributed by atoms with van der Waals surface area (Å²) in [7, 11) is 1.78. The molecule has 0 aromatic carbocycles. The summed E-state index contributed by atoms with van der Waals surface area (Å²) in [4.78, 5) is 7.81. The van der Waals surface area contributed by atoms with E-state index in [1.165, 1.54) is 24.3 Å². The van der Waals surface area contributed by atoms with Gasteiger partial charge in [-0.1, -0.05) is 0 Å². The lowest BCUT2D eigenvalue weighted by Crippen LogP contribution is -2.36. The highest BCUT2D eigenvalue weighted by molar-refractivity contribution is 7.15. The molecule has 1 aromatic rings. The highest BCUT2D eigenvalue weighted by Crippen LogP contribution is 2.21. The summed E-state index contributed by atoms with van der Waals surface area (Å²) < 4.78 is 5.23. The molecular formula is C11H20ClN3OS. The molecule has 2 rings (SSSR count). The standard InChI is InChI=1S/C11H19N3OS.ClH/c1-15-8-9-3-2-4-14(6-9)7-10-5-13-11(12)16-10;/h5,9H,2-4,6-8H2,1H3,(H2,12,13);1H. The van der Waals surface area contributed by atoms with Crippen molar-refractivity contribution in [1.82, 2.24) is 9.88 Å². The Kier molecular flexibility index (Phi) is 6.19. The molecular weight excluding hydrogens is 258 g/mol. The van der Waals surface area contributed by atoms with Gasteiger partial charge in [0, 0.05) is 31.3 Å². The number of nitrogens with two attached hydrogens (primary N) is 1. The molecule has 17 heavy (non-hydrogen) atoms. The monoisotopic (exact) mass is 277 g/mol. The first-order chi connectivity index (χ1) is 7.78. The van der Waals surface area contributed by atoms with E-state index >= 15 is 0 Å². The van der Waals surface area contributed by atoms with Crippen LogP contribution in [-0.4, -0.2) is 36.7 Å². The Hall–Kier alpha value is -0.360. The van der Waals surface area contributed by atoms with E-state index in [2.05, 4.69) is 9.88 Å². The minimum absolute atomic E-state index is 0. The highest BCUT2D eigenvalue weighted by atomic mass is 35.5. The molecule has 1 aromatic heterocycles. The van der Waals surface area contributed by atoms with E-state index in [-0.39, 0.29) is 12.4 Å². The van der Waals surface area contributed by atoms with Gasteiger partial charge in [0.05, 0.1) is 6.61 Å². The van der Waals surface area contributed by atoms with Gasteiger partial charge in [-0.2, -0.15) is 0 Å². The lowest BCUT2D eigenvalue weighted by Gasteiger charge is -2.31. The van der Waals surface area contributed by atoms with Crippen LogP contribution >= 0.6 is 23.7 Å². The first kappa shape index (κ1) is 14.7. The van der Waals surface area contributed by atoms with Gasteiger partial charge in [0.15, 0.2) is 5.13 Å². The van der Waals surface area contributed by atoms with Gasteiger partial charge in [0.1, 0.15) is 0 Å². The van der Waals surface area contributed by atoms with Crippen LogP contribution in [0.1, 0.15) is 17.7 Å². The molecule has 4 nitrogen and oxygen atoms in total. The predicted octanol–water partition coefficient (Wildman–Crippen LogP) is 2.01. The van der Waals surface area contributed by atoms with Crippen molar-refractivity contribution in [3.05, 3.63) is 11.1 Å². The zero-order chi connectivity index (χ0) is 11.4. The third-order valence-electron chi connectivity index (χ3n) is 2.96. The van der Waals surface area contributed by atoms with E-state index in [0.717, 1.165) is 19.7 Å². The fourth-order valence-electron chi connectivity index (χ4n) is 2.28. The molecule has 98 valence electrons. The van der Waals surface area contributed by atoms with Crippen LogP contribution in [0.3, 0.4) is 0 Å². The van der Waals surface area contributed by atoms with E-state index in [4.69, 9.17) is 10.5 Å². The van der Waals surface area contributed by atoms with E-state index < -0.39 is 0 Å². The van der Waals surface area contributed by atoms with Crippen LogP contribution in [0, 0.1) is 5.92 Å². The van der Waals surface area contributed by atoms with Gasteiger partial charge >= 0.3 is 0 Å². The average Bonchev–Trinajstić information content (AvgIpc) is 2.65. The van der Waals surface area contributed by atoms with Crippen LogP contribution in [-0.2, 0) is 11.3 Å². The average molecular weight is 278 g/mol. The SMILES string of the molecule is COCC1CCCN(Cc2cnc(N)s2)C1.Cl. The molecule has 2 N–H and O–H groups in total. The number of ether oxygens (including phenoxy) is 1. The molecule has 1 saturated heterocycles. The van der Waals surface area contributed by atoms with Crippen LogP contribution < -0.4 is 5.73 Å². The van der Waals surface area contributed by atoms with Gasteiger partial charge in [-0.15, -0.1) is 23.7 Å². The summed E-state index contributed by atoms with van der Waals surface area (Å²) in [6.07, 6.45) is 4.44. The maximum atomic E-state index is 5.63. The number of aromatic nitrogens is 1. The number of likely N-dealkylation sites (tertiary alicyclic amines) is 1. The Morgan fingerprint density at radius 2 is 2.47 bits per heavy atom. The zero-order valence-corrected chi connectivity index (χ0v) is 11.7. The topological polar surface area (TPSA) is 51.4 Å². The summed E-state index contributed by atoms with van der Waals surface area (Å²) in [6.45, 7) is 4.17. The molecule has 1 atom stereocenters. The number of nitrogens with zero attached hydrogens (tertiary/aromatic N) is 2. The molecule has 1 aliphatic heterocycles. The van der Waals surface area contributed by atoms with Crippen molar-refractivity contribution in [3.8, 4) is 0 Å². The number of rotatable bonds is 4. The highest BCUT2D eigenvalue weighted by Gasteiger charge is 2.20. The number of halogens is 1. The molecule has 0 radical (unpaired) electrons. The largest absolute Gasteiger partial charge is 0.384 e. The lowest BCUT2D eigenvalue weighted by molar-refractivity contribution is 0.0878. The van der Waals surface area contributed by atoms with Crippen molar-refractivity contribution >= 4 is 28.9 Å². The molecule has 0 spiro atoms. The zero-order valence-electron chi connectivity index (χ0n) is 10.1. The Balaban J connectivity index is 0.00000144. The summed E-state index contributed by atoms with van der Waals surface area (Å²) >= 11 is 1.59. The van der Waals surface area contributed by atoms with Crippen molar-refractivity contribution in [2.24, 2.45) is 5.92 Å². The number of anilines is 1. The molecule has 1 fully saturated rings. The van der Waals surface area contributed by atoms with Crippen molar-refractivity contribution < 1.29 is 4.74 Å². The minimum Gasteiger partial charge on any atom is -0.384 e. The Morgan fingerprint density at radius 1 is 1.65 bits per heavy atom. The first-order valence-electron chi connectivity index (χ1n) is 5.69. The molecule has 0 saturated carbocycles. The summed E-state index contributed by atoms with van der Waals surface area (Å²) in [6, 6.07) is 0. The maximum absolute atomic E-state index is 5.63. The van der Waals surface area contributed by atoms with Gasteiger partial charge in [0.2, 0.25) is 0 Å². The van der Waals surface area contributed by atoms with Crippen molar-refractivity contribution in [3.63, 3.8) is 0 Å². The van der Waals surface area contributed by atoms with Crippen molar-refractivity contribution in [1.29, 1.82) is 0 Å². The van der Waals surface area contributed by atoms with Crippen molar-refractivity contribution in [2.75, 3.05) is 32.5 Å². The van der Waals surface area contributed by atoms with Crippen LogP contribution in [0.2, 0.25) is 0 Å². The molecule has 1 unspecified atom stereocenters. The summed E-state index contributed by atoms with van der Waals surface area (Å²) in [5.41, 5.74) is 5.63.